The minimum Gasteiger partial charge on any atom is -0.370 e. The van der Waals surface area contributed by atoms with Gasteiger partial charge in [0.1, 0.15) is 13.1 Å². The molecule has 1 aromatic heterocycles. The van der Waals surface area contributed by atoms with Crippen molar-refractivity contribution in [1.29, 1.82) is 0 Å². The molecule has 3 aromatic rings. The predicted octanol–water partition coefficient (Wildman–Crippen LogP) is 3.67. The van der Waals surface area contributed by atoms with Crippen LogP contribution < -0.4 is 9.70 Å². The monoisotopic (exact) mass is 434 g/mol. The van der Waals surface area contributed by atoms with Crippen molar-refractivity contribution in [3.63, 3.8) is 0 Å². The van der Waals surface area contributed by atoms with Crippen molar-refractivity contribution < 1.29 is 9.64 Å². The summed E-state index contributed by atoms with van der Waals surface area (Å²) in [6, 6.07) is 15.7. The molecule has 1 aliphatic rings. The Morgan fingerprint density at radius 3 is 2.61 bits per heavy atom. The molecule has 4 nitrogen and oxygen atoms in total. The first-order valence-corrected chi connectivity index (χ1v) is 11.0. The van der Waals surface area contributed by atoms with Crippen LogP contribution in [0.25, 0.3) is 11.3 Å². The number of benzene rings is 2. The van der Waals surface area contributed by atoms with E-state index in [0.29, 0.717) is 10.0 Å². The lowest BCUT2D eigenvalue weighted by atomic mass is 10.1. The molecular weight excluding hydrogens is 413 g/mol. The fourth-order valence-electron chi connectivity index (χ4n) is 3.34. The Hall–Kier alpha value is -1.63. The highest BCUT2D eigenvalue weighted by atomic mass is 35.5. The van der Waals surface area contributed by atoms with Gasteiger partial charge >= 0.3 is 0 Å². The number of thiazole rings is 1. The van der Waals surface area contributed by atoms with Gasteiger partial charge in [0.2, 0.25) is 0 Å². The zero-order valence-electron chi connectivity index (χ0n) is 15.4. The molecular formula is C21H22Cl2N3OS+. The standard InChI is InChI=1S/C21H21Cl2N3OS/c22-16-6-7-18(19(23)14-16)20-15-28-21(24-17-4-2-1-3-5-17)26(20)9-8-25-10-12-27-13-11-25/h1-7,14-15H,8-13H2/p+1. The van der Waals surface area contributed by atoms with Gasteiger partial charge in [-0.05, 0) is 30.3 Å². The van der Waals surface area contributed by atoms with E-state index in [0.717, 1.165) is 61.1 Å². The molecule has 0 atom stereocenters. The third-order valence-electron chi connectivity index (χ3n) is 4.87. The molecule has 1 aliphatic heterocycles. The molecule has 0 unspecified atom stereocenters. The summed E-state index contributed by atoms with van der Waals surface area (Å²) >= 11 is 14.2. The molecule has 2 heterocycles. The Morgan fingerprint density at radius 1 is 1.07 bits per heavy atom. The largest absolute Gasteiger partial charge is 0.370 e. The van der Waals surface area contributed by atoms with Crippen LogP contribution in [0.2, 0.25) is 10.0 Å². The number of nitrogens with one attached hydrogen (secondary N) is 1. The number of morpholine rings is 1. The van der Waals surface area contributed by atoms with Crippen LogP contribution in [0.15, 0.2) is 58.9 Å². The fourth-order valence-corrected chi connectivity index (χ4v) is 4.79. The van der Waals surface area contributed by atoms with Gasteiger partial charge in [-0.25, -0.2) is 4.99 Å². The third kappa shape index (κ3) is 4.67. The highest BCUT2D eigenvalue weighted by Gasteiger charge is 2.17. The Labute approximate surface area is 178 Å². The van der Waals surface area contributed by atoms with E-state index >= 15 is 0 Å². The number of hydrogen-bond acceptors (Lipinski definition) is 3. The van der Waals surface area contributed by atoms with Crippen LogP contribution >= 0.6 is 34.5 Å². The minimum absolute atomic E-state index is 0.641. The summed E-state index contributed by atoms with van der Waals surface area (Å²) in [6.07, 6.45) is 0. The van der Waals surface area contributed by atoms with Crippen LogP contribution in [0.5, 0.6) is 0 Å². The maximum absolute atomic E-state index is 6.51. The molecule has 0 spiro atoms. The number of nitrogens with zero attached hydrogens (tertiary/aromatic N) is 2. The molecule has 146 valence electrons. The number of ether oxygens (including phenoxy) is 1. The lowest BCUT2D eigenvalue weighted by molar-refractivity contribution is -0.908. The van der Waals surface area contributed by atoms with Gasteiger partial charge in [-0.15, -0.1) is 11.3 Å². The minimum atomic E-state index is 0.641. The number of halogens is 2. The molecule has 0 amide bonds. The summed E-state index contributed by atoms with van der Waals surface area (Å²) in [5.41, 5.74) is 3.01. The molecule has 1 fully saturated rings. The number of hydrogen-bond donors (Lipinski definition) is 1. The number of rotatable bonds is 5. The average Bonchev–Trinajstić information content (AvgIpc) is 3.10. The predicted molar refractivity (Wildman–Crippen MR) is 116 cm³/mol. The van der Waals surface area contributed by atoms with E-state index < -0.39 is 0 Å². The summed E-state index contributed by atoms with van der Waals surface area (Å²) in [7, 11) is 0. The SMILES string of the molecule is Clc1ccc(-c2csc(=Nc3ccccc3)n2CC[NH+]2CCOCC2)c(Cl)c1. The molecule has 7 heteroatoms. The Kier molecular flexibility index (Phi) is 6.50. The highest BCUT2D eigenvalue weighted by molar-refractivity contribution is 7.07. The van der Waals surface area contributed by atoms with E-state index in [1.54, 1.807) is 22.3 Å². The Balaban J connectivity index is 1.72. The summed E-state index contributed by atoms with van der Waals surface area (Å²) in [5.74, 6) is 0. The molecule has 2 aromatic carbocycles. The van der Waals surface area contributed by atoms with E-state index in [2.05, 4.69) is 9.95 Å². The Bertz CT molecular complexity index is 994. The lowest BCUT2D eigenvalue weighted by Crippen LogP contribution is -3.14. The van der Waals surface area contributed by atoms with Crippen molar-refractivity contribution in [2.24, 2.45) is 4.99 Å². The van der Waals surface area contributed by atoms with E-state index in [9.17, 15) is 0 Å². The first-order valence-electron chi connectivity index (χ1n) is 9.35. The van der Waals surface area contributed by atoms with Gasteiger partial charge < -0.3 is 14.2 Å². The van der Waals surface area contributed by atoms with Gasteiger partial charge in [-0.1, -0.05) is 41.4 Å². The van der Waals surface area contributed by atoms with Gasteiger partial charge in [0, 0.05) is 16.0 Å². The zero-order chi connectivity index (χ0) is 19.3. The van der Waals surface area contributed by atoms with Crippen molar-refractivity contribution in [2.75, 3.05) is 32.8 Å². The van der Waals surface area contributed by atoms with Crippen LogP contribution in [0.1, 0.15) is 0 Å². The normalized spacial score (nSPS) is 15.9. The number of quaternary nitrogens is 1. The highest BCUT2D eigenvalue weighted by Crippen LogP contribution is 2.30. The van der Waals surface area contributed by atoms with Crippen molar-refractivity contribution in [3.05, 3.63) is 68.8 Å². The second-order valence-electron chi connectivity index (χ2n) is 6.74. The molecule has 0 radical (unpaired) electrons. The lowest BCUT2D eigenvalue weighted by Gasteiger charge is -2.24. The third-order valence-corrected chi connectivity index (χ3v) is 6.29. The van der Waals surface area contributed by atoms with Crippen LogP contribution in [-0.4, -0.2) is 37.4 Å². The van der Waals surface area contributed by atoms with E-state index in [1.165, 1.54) is 0 Å². The summed E-state index contributed by atoms with van der Waals surface area (Å²) < 4.78 is 7.76. The smallest absolute Gasteiger partial charge is 0.190 e. The first kappa shape index (κ1) is 19.7. The second kappa shape index (κ2) is 9.25. The Morgan fingerprint density at radius 2 is 1.86 bits per heavy atom. The molecule has 0 bridgehead atoms. The van der Waals surface area contributed by atoms with E-state index in [4.69, 9.17) is 32.9 Å². The van der Waals surface area contributed by atoms with Crippen LogP contribution in [0.4, 0.5) is 5.69 Å². The van der Waals surface area contributed by atoms with Gasteiger partial charge in [-0.2, -0.15) is 0 Å². The van der Waals surface area contributed by atoms with Gasteiger partial charge in [0.15, 0.2) is 4.80 Å². The summed E-state index contributed by atoms with van der Waals surface area (Å²) in [5, 5.41) is 3.43. The summed E-state index contributed by atoms with van der Waals surface area (Å²) in [6.45, 7) is 5.67. The molecule has 0 saturated carbocycles. The molecule has 0 aliphatic carbocycles. The molecule has 1 N–H and O–H groups in total. The average molecular weight is 435 g/mol. The molecule has 28 heavy (non-hydrogen) atoms. The van der Waals surface area contributed by atoms with Crippen LogP contribution in [0, 0.1) is 0 Å². The summed E-state index contributed by atoms with van der Waals surface area (Å²) in [4.78, 5) is 7.41. The van der Waals surface area contributed by atoms with Crippen molar-refractivity contribution in [3.8, 4) is 11.3 Å². The van der Waals surface area contributed by atoms with Crippen molar-refractivity contribution in [2.45, 2.75) is 6.54 Å². The maximum atomic E-state index is 6.51. The first-order chi connectivity index (χ1) is 13.7. The quantitative estimate of drug-likeness (QED) is 0.652. The van der Waals surface area contributed by atoms with E-state index in [-0.39, 0.29) is 0 Å². The maximum Gasteiger partial charge on any atom is 0.190 e. The van der Waals surface area contributed by atoms with Crippen LogP contribution in [-0.2, 0) is 11.3 Å². The molecule has 4 rings (SSSR count). The second-order valence-corrected chi connectivity index (χ2v) is 8.42. The van der Waals surface area contributed by atoms with Gasteiger partial charge in [-0.3, -0.25) is 0 Å². The topological polar surface area (TPSA) is 31.0 Å². The van der Waals surface area contributed by atoms with Crippen LogP contribution in [0.3, 0.4) is 0 Å². The molecule has 1 saturated heterocycles. The zero-order valence-corrected chi connectivity index (χ0v) is 17.7. The number of para-hydroxylation sites is 1. The van der Waals surface area contributed by atoms with Gasteiger partial charge in [0.05, 0.1) is 42.7 Å². The van der Waals surface area contributed by atoms with Crippen molar-refractivity contribution >= 4 is 40.2 Å². The number of aromatic nitrogens is 1. The van der Waals surface area contributed by atoms with Gasteiger partial charge in [0.25, 0.3) is 0 Å². The fraction of sp³-hybridized carbons (Fsp3) is 0.286. The van der Waals surface area contributed by atoms with Crippen molar-refractivity contribution in [1.82, 2.24) is 4.57 Å². The van der Waals surface area contributed by atoms with E-state index in [1.807, 2.05) is 42.5 Å².